The van der Waals surface area contributed by atoms with E-state index < -0.39 is 0 Å². The van der Waals surface area contributed by atoms with Crippen LogP contribution in [-0.4, -0.2) is 49.3 Å². The number of aromatic nitrogens is 1. The molecule has 4 rings (SSSR count). The molecular formula is C15H16N2O4. The van der Waals surface area contributed by atoms with Crippen molar-refractivity contribution in [2.24, 2.45) is 0 Å². The third kappa shape index (κ3) is 2.07. The molecule has 0 bridgehead atoms. The van der Waals surface area contributed by atoms with Crippen molar-refractivity contribution in [2.45, 2.75) is 6.04 Å². The Hall–Kier alpha value is -2.05. The molecule has 6 nitrogen and oxygen atoms in total. The number of hydrogen-bond acceptors (Lipinski definition) is 6. The molecule has 1 N–H and O–H groups in total. The molecule has 2 aromatic rings. The molecule has 0 aliphatic carbocycles. The summed E-state index contributed by atoms with van der Waals surface area (Å²) in [6.45, 7) is 2.16. The molecule has 1 atom stereocenters. The maximum Gasteiger partial charge on any atom is 0.231 e. The molecule has 1 unspecified atom stereocenters. The lowest BCUT2D eigenvalue weighted by molar-refractivity contribution is 0.0724. The van der Waals surface area contributed by atoms with Gasteiger partial charge in [-0.1, -0.05) is 0 Å². The molecule has 3 heterocycles. The summed E-state index contributed by atoms with van der Waals surface area (Å²) in [7, 11) is 0. The van der Waals surface area contributed by atoms with Gasteiger partial charge in [-0.2, -0.15) is 0 Å². The highest BCUT2D eigenvalue weighted by Crippen LogP contribution is 2.39. The summed E-state index contributed by atoms with van der Waals surface area (Å²) in [5, 5.41) is 11.6. The average molecular weight is 288 g/mol. The largest absolute Gasteiger partial charge is 0.454 e. The van der Waals surface area contributed by atoms with Gasteiger partial charge in [-0.15, -0.1) is 0 Å². The topological polar surface area (TPSA) is 64.1 Å². The number of ether oxygens (including phenoxy) is 3. The van der Waals surface area contributed by atoms with E-state index >= 15 is 0 Å². The van der Waals surface area contributed by atoms with Crippen molar-refractivity contribution in [1.82, 2.24) is 4.98 Å². The van der Waals surface area contributed by atoms with Gasteiger partial charge in [0.2, 0.25) is 6.79 Å². The summed E-state index contributed by atoms with van der Waals surface area (Å²) in [5.41, 5.74) is 0. The first-order chi connectivity index (χ1) is 10.4. The fourth-order valence-electron chi connectivity index (χ4n) is 2.86. The van der Waals surface area contributed by atoms with E-state index in [1.807, 2.05) is 18.2 Å². The Bertz CT molecular complexity index is 676. The third-order valence-corrected chi connectivity index (χ3v) is 3.95. The smallest absolute Gasteiger partial charge is 0.231 e. The highest BCUT2D eigenvalue weighted by molar-refractivity contribution is 5.95. The van der Waals surface area contributed by atoms with Gasteiger partial charge in [-0.05, 0) is 23.6 Å². The van der Waals surface area contributed by atoms with Gasteiger partial charge in [0, 0.05) is 18.1 Å². The molecular weight excluding hydrogens is 272 g/mol. The zero-order chi connectivity index (χ0) is 14.2. The summed E-state index contributed by atoms with van der Waals surface area (Å²) in [4.78, 5) is 6.62. The minimum atomic E-state index is -0.0673. The van der Waals surface area contributed by atoms with E-state index in [0.29, 0.717) is 19.8 Å². The van der Waals surface area contributed by atoms with Gasteiger partial charge < -0.3 is 24.2 Å². The van der Waals surface area contributed by atoms with Crippen molar-refractivity contribution < 1.29 is 19.3 Å². The lowest BCUT2D eigenvalue weighted by Crippen LogP contribution is -2.48. The van der Waals surface area contributed by atoms with Gasteiger partial charge in [0.1, 0.15) is 5.82 Å². The summed E-state index contributed by atoms with van der Waals surface area (Å²) < 4.78 is 16.3. The molecule has 6 heteroatoms. The second kappa shape index (κ2) is 5.05. The number of morpholine rings is 1. The maximum atomic E-state index is 9.56. The number of anilines is 1. The Labute approximate surface area is 121 Å². The van der Waals surface area contributed by atoms with Crippen LogP contribution in [0, 0.1) is 0 Å². The number of fused-ring (bicyclic) bond motifs is 2. The Balaban J connectivity index is 1.84. The molecule has 1 fully saturated rings. The predicted molar refractivity (Wildman–Crippen MR) is 76.9 cm³/mol. The zero-order valence-electron chi connectivity index (χ0n) is 11.5. The van der Waals surface area contributed by atoms with Crippen molar-refractivity contribution in [2.75, 3.05) is 38.1 Å². The minimum Gasteiger partial charge on any atom is -0.454 e. The average Bonchev–Trinajstić information content (AvgIpc) is 2.99. The van der Waals surface area contributed by atoms with Crippen LogP contribution in [0.5, 0.6) is 11.5 Å². The molecule has 2 aliphatic rings. The summed E-state index contributed by atoms with van der Waals surface area (Å²) in [5.74, 6) is 2.36. The SMILES string of the molecule is OCC1COCCN1c1nccc2cc3c(cc12)OCO3. The summed E-state index contributed by atoms with van der Waals surface area (Å²) in [6, 6.07) is 5.82. The Morgan fingerprint density at radius 2 is 2.14 bits per heavy atom. The summed E-state index contributed by atoms with van der Waals surface area (Å²) in [6.07, 6.45) is 1.78. The van der Waals surface area contributed by atoms with Crippen LogP contribution in [0.4, 0.5) is 5.82 Å². The Morgan fingerprint density at radius 1 is 1.29 bits per heavy atom. The fraction of sp³-hybridized carbons (Fsp3) is 0.400. The van der Waals surface area contributed by atoms with Crippen LogP contribution in [0.2, 0.25) is 0 Å². The highest BCUT2D eigenvalue weighted by Gasteiger charge is 2.26. The van der Waals surface area contributed by atoms with Gasteiger partial charge in [-0.25, -0.2) is 4.98 Å². The van der Waals surface area contributed by atoms with Gasteiger partial charge in [0.15, 0.2) is 11.5 Å². The van der Waals surface area contributed by atoms with Crippen LogP contribution in [0.1, 0.15) is 0 Å². The van der Waals surface area contributed by atoms with Crippen LogP contribution in [0.3, 0.4) is 0 Å². The third-order valence-electron chi connectivity index (χ3n) is 3.95. The van der Waals surface area contributed by atoms with Gasteiger partial charge in [0.25, 0.3) is 0 Å². The molecule has 0 spiro atoms. The van der Waals surface area contributed by atoms with E-state index in [1.165, 1.54) is 0 Å². The van der Waals surface area contributed by atoms with Crippen molar-refractivity contribution in [3.8, 4) is 11.5 Å². The van der Waals surface area contributed by atoms with Crippen molar-refractivity contribution in [3.63, 3.8) is 0 Å². The molecule has 21 heavy (non-hydrogen) atoms. The lowest BCUT2D eigenvalue weighted by atomic mass is 10.1. The predicted octanol–water partition coefficient (Wildman–Crippen LogP) is 1.16. The number of aliphatic hydroxyl groups is 1. The van der Waals surface area contributed by atoms with Crippen molar-refractivity contribution in [3.05, 3.63) is 24.4 Å². The first-order valence-corrected chi connectivity index (χ1v) is 7.00. The molecule has 1 aromatic heterocycles. The van der Waals surface area contributed by atoms with Crippen LogP contribution in [0.15, 0.2) is 24.4 Å². The maximum absolute atomic E-state index is 9.56. The molecule has 0 amide bonds. The van der Waals surface area contributed by atoms with Gasteiger partial charge in [0.05, 0.1) is 25.9 Å². The zero-order valence-corrected chi connectivity index (χ0v) is 11.5. The lowest BCUT2D eigenvalue weighted by Gasteiger charge is -2.36. The van der Waals surface area contributed by atoms with Crippen molar-refractivity contribution >= 4 is 16.6 Å². The fourth-order valence-corrected chi connectivity index (χ4v) is 2.86. The molecule has 0 radical (unpaired) electrons. The van der Waals surface area contributed by atoms with Crippen LogP contribution >= 0.6 is 0 Å². The molecule has 1 saturated heterocycles. The molecule has 0 saturated carbocycles. The van der Waals surface area contributed by atoms with Crippen molar-refractivity contribution in [1.29, 1.82) is 0 Å². The van der Waals surface area contributed by atoms with E-state index in [4.69, 9.17) is 14.2 Å². The Morgan fingerprint density at radius 3 is 3.00 bits per heavy atom. The number of hydrogen-bond donors (Lipinski definition) is 1. The standard InChI is InChI=1S/C15H16N2O4/c18-7-11-8-19-4-3-17(11)15-12-6-14-13(20-9-21-14)5-10(12)1-2-16-15/h1-2,5-6,11,18H,3-4,7-9H2. The second-order valence-corrected chi connectivity index (χ2v) is 5.17. The second-order valence-electron chi connectivity index (χ2n) is 5.17. The first kappa shape index (κ1) is 12.7. The molecule has 1 aromatic carbocycles. The van der Waals surface area contributed by atoms with E-state index in [-0.39, 0.29) is 19.4 Å². The quantitative estimate of drug-likeness (QED) is 0.894. The van der Waals surface area contributed by atoms with Gasteiger partial charge >= 0.3 is 0 Å². The van der Waals surface area contributed by atoms with Crippen LogP contribution < -0.4 is 14.4 Å². The van der Waals surface area contributed by atoms with E-state index in [9.17, 15) is 5.11 Å². The van der Waals surface area contributed by atoms with Crippen LogP contribution in [0.25, 0.3) is 10.8 Å². The monoisotopic (exact) mass is 288 g/mol. The summed E-state index contributed by atoms with van der Waals surface area (Å²) >= 11 is 0. The number of aliphatic hydroxyl groups excluding tert-OH is 1. The normalized spacial score (nSPS) is 21.0. The van der Waals surface area contributed by atoms with E-state index in [2.05, 4.69) is 9.88 Å². The van der Waals surface area contributed by atoms with Gasteiger partial charge in [-0.3, -0.25) is 0 Å². The first-order valence-electron chi connectivity index (χ1n) is 7.00. The number of nitrogens with zero attached hydrogens (tertiary/aromatic N) is 2. The van der Waals surface area contributed by atoms with E-state index in [1.54, 1.807) is 6.20 Å². The molecule has 110 valence electrons. The number of benzene rings is 1. The number of rotatable bonds is 2. The Kier molecular flexibility index (Phi) is 3.05. The molecule has 2 aliphatic heterocycles. The minimum absolute atomic E-state index is 0.0443. The van der Waals surface area contributed by atoms with Crippen LogP contribution in [-0.2, 0) is 4.74 Å². The van der Waals surface area contributed by atoms with E-state index in [0.717, 1.165) is 28.1 Å². The highest BCUT2D eigenvalue weighted by atomic mass is 16.7. The number of pyridine rings is 1.